The molecule has 3 N–H and O–H groups in total. The predicted molar refractivity (Wildman–Crippen MR) is 465 cm³/mol. The Labute approximate surface area is 689 Å². The molecule has 5 atom stereocenters. The van der Waals surface area contributed by atoms with Crippen LogP contribution in [0.1, 0.15) is 504 Å². The number of ether oxygens (including phenoxy) is 4. The molecule has 112 heavy (non-hydrogen) atoms. The second-order valence-electron chi connectivity index (χ2n) is 34.4. The van der Waals surface area contributed by atoms with Crippen molar-refractivity contribution in [3.05, 3.63) is 0 Å². The lowest BCUT2D eigenvalue weighted by Crippen LogP contribution is -2.30. The molecule has 0 radical (unpaired) electrons. The minimum atomic E-state index is -4.97. The van der Waals surface area contributed by atoms with Crippen LogP contribution >= 0.6 is 15.6 Å². The second kappa shape index (κ2) is 84.1. The number of esters is 4. The lowest BCUT2D eigenvalue weighted by Gasteiger charge is -2.21. The lowest BCUT2D eigenvalue weighted by atomic mass is 10.0. The van der Waals surface area contributed by atoms with Gasteiger partial charge in [0.1, 0.15) is 19.3 Å². The Morgan fingerprint density at radius 2 is 0.411 bits per heavy atom. The number of phosphoric ester groups is 2. The largest absolute Gasteiger partial charge is 0.472 e. The highest BCUT2D eigenvalue weighted by Gasteiger charge is 2.31. The highest BCUT2D eigenvalue weighted by atomic mass is 31.2. The van der Waals surface area contributed by atoms with Crippen molar-refractivity contribution in [1.82, 2.24) is 0 Å². The Morgan fingerprint density at radius 3 is 0.607 bits per heavy atom. The molecule has 19 heteroatoms. The highest BCUT2D eigenvalue weighted by molar-refractivity contribution is 7.47. The standard InChI is InChI=1S/C93H182O17P2/c1-7-9-11-13-15-17-18-19-20-21-22-23-24-25-33-38-43-48-53-59-65-72-78-93(98)110-89(82-104-91(96)76-70-64-58-52-47-42-37-32-28-26-30-35-40-45-50-55-61-67-73-85(3)4)84-108-112(101,102)106-80-87(94)79-105-111(99,100)107-83-88(81-103-90(95)75-69-63-57-16-14-12-10-8-2)109-92(97)77-71-66-60-54-49-44-39-34-29-27-31-36-41-46-51-56-62-68-74-86(5)6/h85-89,94H,7-84H2,1-6H3,(H,99,100)(H,101,102)/t87-,88+,89+/m0/s1. The molecule has 17 nitrogen and oxygen atoms in total. The molecule has 0 saturated heterocycles. The van der Waals surface area contributed by atoms with E-state index in [1.54, 1.807) is 0 Å². The van der Waals surface area contributed by atoms with Gasteiger partial charge in [-0.15, -0.1) is 0 Å². The number of hydrogen-bond donors (Lipinski definition) is 3. The van der Waals surface area contributed by atoms with E-state index in [2.05, 4.69) is 41.5 Å². The first-order valence-corrected chi connectivity index (χ1v) is 51.0. The van der Waals surface area contributed by atoms with Crippen molar-refractivity contribution in [2.75, 3.05) is 39.6 Å². The summed E-state index contributed by atoms with van der Waals surface area (Å²) in [6.07, 6.45) is 79.5. The van der Waals surface area contributed by atoms with Crippen LogP contribution in [0.25, 0.3) is 0 Å². The first-order valence-electron chi connectivity index (χ1n) is 48.0. The fourth-order valence-corrected chi connectivity index (χ4v) is 16.2. The van der Waals surface area contributed by atoms with E-state index in [1.807, 2.05) is 0 Å². The van der Waals surface area contributed by atoms with E-state index in [0.717, 1.165) is 108 Å². The van der Waals surface area contributed by atoms with Crippen molar-refractivity contribution >= 4 is 39.5 Å². The van der Waals surface area contributed by atoms with Crippen LogP contribution in [-0.4, -0.2) is 96.7 Å². The predicted octanol–water partition coefficient (Wildman–Crippen LogP) is 29.0. The van der Waals surface area contributed by atoms with Crippen molar-refractivity contribution in [3.63, 3.8) is 0 Å². The maximum Gasteiger partial charge on any atom is 0.472 e. The van der Waals surface area contributed by atoms with Gasteiger partial charge in [0.2, 0.25) is 0 Å². The molecule has 0 aliphatic carbocycles. The molecule has 0 aliphatic rings. The van der Waals surface area contributed by atoms with Gasteiger partial charge in [-0.25, -0.2) is 9.13 Å². The molecule has 0 spiro atoms. The normalized spacial score (nSPS) is 13.7. The molecule has 2 unspecified atom stereocenters. The fourth-order valence-electron chi connectivity index (χ4n) is 14.7. The minimum Gasteiger partial charge on any atom is -0.462 e. The third-order valence-electron chi connectivity index (χ3n) is 22.0. The van der Waals surface area contributed by atoms with E-state index in [-0.39, 0.29) is 25.7 Å². The smallest absolute Gasteiger partial charge is 0.462 e. The van der Waals surface area contributed by atoms with Gasteiger partial charge in [0.15, 0.2) is 12.2 Å². The van der Waals surface area contributed by atoms with Crippen molar-refractivity contribution in [2.24, 2.45) is 11.8 Å². The fraction of sp³-hybridized carbons (Fsp3) is 0.957. The number of carbonyl (C=O) groups is 4. The number of rotatable bonds is 92. The maximum absolute atomic E-state index is 13.2. The summed E-state index contributed by atoms with van der Waals surface area (Å²) in [5.74, 6) is -0.454. The monoisotopic (exact) mass is 1630 g/mol. The summed E-state index contributed by atoms with van der Waals surface area (Å²) < 4.78 is 69.0. The van der Waals surface area contributed by atoms with Crippen molar-refractivity contribution in [1.29, 1.82) is 0 Å². The molecular weight excluding hydrogens is 1450 g/mol. The zero-order valence-electron chi connectivity index (χ0n) is 74.0. The summed E-state index contributed by atoms with van der Waals surface area (Å²) >= 11 is 0. The molecule has 666 valence electrons. The van der Waals surface area contributed by atoms with E-state index in [9.17, 15) is 43.2 Å². The van der Waals surface area contributed by atoms with Gasteiger partial charge >= 0.3 is 39.5 Å². The third-order valence-corrected chi connectivity index (χ3v) is 23.9. The van der Waals surface area contributed by atoms with Crippen LogP contribution in [-0.2, 0) is 65.4 Å². The summed E-state index contributed by atoms with van der Waals surface area (Å²) in [5.41, 5.74) is 0. The van der Waals surface area contributed by atoms with Gasteiger partial charge in [-0.05, 0) is 37.5 Å². The summed E-state index contributed by atoms with van der Waals surface area (Å²) in [6.45, 7) is 9.75. The molecule has 0 aromatic heterocycles. The minimum absolute atomic E-state index is 0.109. The quantitative estimate of drug-likeness (QED) is 0.0222. The average molecular weight is 1630 g/mol. The molecule has 0 aliphatic heterocycles. The van der Waals surface area contributed by atoms with Gasteiger partial charge < -0.3 is 33.8 Å². The molecule has 0 heterocycles. The van der Waals surface area contributed by atoms with E-state index in [1.165, 1.54) is 315 Å². The van der Waals surface area contributed by atoms with Crippen molar-refractivity contribution in [3.8, 4) is 0 Å². The van der Waals surface area contributed by atoms with Crippen LogP contribution < -0.4 is 0 Å². The Bertz CT molecular complexity index is 2130. The molecule has 0 bridgehead atoms. The number of carbonyl (C=O) groups excluding carboxylic acids is 4. The number of aliphatic hydroxyl groups excluding tert-OH is 1. The molecule has 0 fully saturated rings. The zero-order chi connectivity index (χ0) is 82.0. The van der Waals surface area contributed by atoms with Crippen molar-refractivity contribution in [2.45, 2.75) is 522 Å². The van der Waals surface area contributed by atoms with E-state index in [0.29, 0.717) is 25.7 Å². The van der Waals surface area contributed by atoms with E-state index >= 15 is 0 Å². The van der Waals surface area contributed by atoms with Crippen LogP contribution in [0.4, 0.5) is 0 Å². The van der Waals surface area contributed by atoms with E-state index < -0.39 is 97.5 Å². The summed E-state index contributed by atoms with van der Waals surface area (Å²) in [5, 5.41) is 10.7. The molecule has 0 aromatic rings. The summed E-state index contributed by atoms with van der Waals surface area (Å²) in [4.78, 5) is 73.3. The van der Waals surface area contributed by atoms with Gasteiger partial charge in [-0.3, -0.25) is 37.3 Å². The van der Waals surface area contributed by atoms with Crippen LogP contribution in [0.2, 0.25) is 0 Å². The molecule has 0 saturated carbocycles. The van der Waals surface area contributed by atoms with Crippen molar-refractivity contribution < 1.29 is 80.2 Å². The SMILES string of the molecule is CCCCCCCCCCCCCCCCCCCCCCCCC(=O)O[C@H](COC(=O)CCCCCCCCCCCCCCCCCCCCC(C)C)COP(=O)(O)OC[C@@H](O)COP(=O)(O)OC[C@@H](COC(=O)CCCCCCCCCC)OC(=O)CCCCCCCCCCCCCCCCCCCCC(C)C. The zero-order valence-corrected chi connectivity index (χ0v) is 75.8. The molecule has 0 aromatic carbocycles. The lowest BCUT2D eigenvalue weighted by molar-refractivity contribution is -0.161. The summed E-state index contributed by atoms with van der Waals surface area (Å²) in [7, 11) is -9.93. The van der Waals surface area contributed by atoms with Gasteiger partial charge in [0, 0.05) is 25.7 Å². The van der Waals surface area contributed by atoms with Crippen LogP contribution in [0.5, 0.6) is 0 Å². The third kappa shape index (κ3) is 85.9. The first-order chi connectivity index (χ1) is 54.4. The first kappa shape index (κ1) is 110. The molecular formula is C93H182O17P2. The second-order valence-corrected chi connectivity index (χ2v) is 37.3. The topological polar surface area (TPSA) is 237 Å². The van der Waals surface area contributed by atoms with Crippen LogP contribution in [0.3, 0.4) is 0 Å². The Hall–Kier alpha value is -1.94. The number of unbranched alkanes of at least 4 members (excludes halogenated alkanes) is 62. The Morgan fingerprint density at radius 1 is 0.241 bits per heavy atom. The average Bonchev–Trinajstić information content (AvgIpc) is 0.896. The number of aliphatic hydroxyl groups is 1. The van der Waals surface area contributed by atoms with Crippen LogP contribution in [0, 0.1) is 11.8 Å². The van der Waals surface area contributed by atoms with Crippen LogP contribution in [0.15, 0.2) is 0 Å². The maximum atomic E-state index is 13.2. The Balaban J connectivity index is 5.16. The van der Waals surface area contributed by atoms with Gasteiger partial charge in [0.05, 0.1) is 26.4 Å². The molecule has 0 amide bonds. The van der Waals surface area contributed by atoms with Gasteiger partial charge in [-0.2, -0.15) is 0 Å². The van der Waals surface area contributed by atoms with Gasteiger partial charge in [0.25, 0.3) is 0 Å². The summed E-state index contributed by atoms with van der Waals surface area (Å²) in [6, 6.07) is 0. The highest BCUT2D eigenvalue weighted by Crippen LogP contribution is 2.45. The van der Waals surface area contributed by atoms with E-state index in [4.69, 9.17) is 37.0 Å². The van der Waals surface area contributed by atoms with Gasteiger partial charge in [-0.1, -0.05) is 452 Å². The number of phosphoric acid groups is 2. The molecule has 0 rings (SSSR count). The number of hydrogen-bond acceptors (Lipinski definition) is 15. The Kier molecular flexibility index (Phi) is 82.6.